The normalized spacial score (nSPS) is 15.9. The van der Waals surface area contributed by atoms with Crippen LogP contribution in [0.1, 0.15) is 44.0 Å². The molecule has 1 N–H and O–H groups in total. The van der Waals surface area contributed by atoms with Gasteiger partial charge < -0.3 is 15.1 Å². The monoisotopic (exact) mass is 447 g/mol. The molecule has 0 atom stereocenters. The number of hydrogen-bond acceptors (Lipinski definition) is 6. The molecule has 2 amide bonds. The highest BCUT2D eigenvalue weighted by Gasteiger charge is 2.31. The standard InChI is InChI=1S/C24H25N5O2S/c30-22(17-6-5-10-25-16-17)27-23-21(18-7-1-2-8-19(18)32-23)24(31)29-14-12-28(13-15-29)20-9-3-4-11-26-20/h3-6,9-11,16H,1-2,7-8,12-15H2,(H,27,30). The van der Waals surface area contributed by atoms with Gasteiger partial charge in [-0.15, -0.1) is 11.3 Å². The van der Waals surface area contributed by atoms with Crippen LogP contribution in [-0.2, 0) is 12.8 Å². The molecule has 0 unspecified atom stereocenters. The van der Waals surface area contributed by atoms with Crippen molar-refractivity contribution in [3.8, 4) is 0 Å². The molecule has 1 saturated heterocycles. The molecule has 2 aliphatic rings. The fraction of sp³-hybridized carbons (Fsp3) is 0.333. The molecule has 1 fully saturated rings. The quantitative estimate of drug-likeness (QED) is 0.661. The second-order valence-corrected chi connectivity index (χ2v) is 9.18. The summed E-state index contributed by atoms with van der Waals surface area (Å²) in [5.74, 6) is 0.731. The Kier molecular flexibility index (Phi) is 5.85. The Hall–Kier alpha value is -3.26. The van der Waals surface area contributed by atoms with Gasteiger partial charge in [0.25, 0.3) is 11.8 Å². The number of piperazine rings is 1. The summed E-state index contributed by atoms with van der Waals surface area (Å²) in [6, 6.07) is 9.35. The topological polar surface area (TPSA) is 78.4 Å². The second-order valence-electron chi connectivity index (χ2n) is 8.08. The van der Waals surface area contributed by atoms with Gasteiger partial charge in [0.15, 0.2) is 0 Å². The van der Waals surface area contributed by atoms with Crippen molar-refractivity contribution in [2.24, 2.45) is 0 Å². The van der Waals surface area contributed by atoms with Gasteiger partial charge in [0.05, 0.1) is 11.1 Å². The van der Waals surface area contributed by atoms with Crippen LogP contribution >= 0.6 is 11.3 Å². The number of carbonyl (C=O) groups excluding carboxylic acids is 2. The van der Waals surface area contributed by atoms with E-state index in [1.165, 1.54) is 4.88 Å². The molecule has 0 saturated carbocycles. The van der Waals surface area contributed by atoms with E-state index in [-0.39, 0.29) is 11.8 Å². The number of thiophene rings is 1. The lowest BCUT2D eigenvalue weighted by Gasteiger charge is -2.35. The highest BCUT2D eigenvalue weighted by molar-refractivity contribution is 7.17. The third-order valence-corrected chi connectivity index (χ3v) is 7.28. The van der Waals surface area contributed by atoms with E-state index in [2.05, 4.69) is 20.2 Å². The molecule has 3 aromatic heterocycles. The van der Waals surface area contributed by atoms with E-state index in [1.54, 1.807) is 42.1 Å². The van der Waals surface area contributed by atoms with Gasteiger partial charge >= 0.3 is 0 Å². The van der Waals surface area contributed by atoms with E-state index >= 15 is 0 Å². The smallest absolute Gasteiger partial charge is 0.257 e. The molecule has 0 spiro atoms. The van der Waals surface area contributed by atoms with Crippen LogP contribution in [0.25, 0.3) is 0 Å². The first kappa shape index (κ1) is 20.6. The van der Waals surface area contributed by atoms with Gasteiger partial charge in [-0.3, -0.25) is 14.6 Å². The van der Waals surface area contributed by atoms with Crippen LogP contribution in [0.4, 0.5) is 10.8 Å². The van der Waals surface area contributed by atoms with E-state index in [0.717, 1.165) is 50.2 Å². The molecule has 7 nitrogen and oxygen atoms in total. The van der Waals surface area contributed by atoms with E-state index in [4.69, 9.17) is 0 Å². The molecular formula is C24H25N5O2S. The minimum Gasteiger partial charge on any atom is -0.353 e. The molecule has 0 bridgehead atoms. The number of rotatable bonds is 4. The minimum absolute atomic E-state index is 0.0200. The van der Waals surface area contributed by atoms with Crippen LogP contribution in [-0.4, -0.2) is 52.9 Å². The number of carbonyl (C=O) groups is 2. The molecule has 32 heavy (non-hydrogen) atoms. The molecule has 0 radical (unpaired) electrons. The Morgan fingerprint density at radius 1 is 0.969 bits per heavy atom. The molecule has 1 aliphatic heterocycles. The average molecular weight is 448 g/mol. The summed E-state index contributed by atoms with van der Waals surface area (Å²) >= 11 is 1.55. The van der Waals surface area contributed by atoms with Crippen LogP contribution in [0.5, 0.6) is 0 Å². The van der Waals surface area contributed by atoms with Crippen LogP contribution in [0, 0.1) is 0 Å². The first-order chi connectivity index (χ1) is 15.7. The summed E-state index contributed by atoms with van der Waals surface area (Å²) in [5.41, 5.74) is 2.30. The maximum atomic E-state index is 13.6. The lowest BCUT2D eigenvalue weighted by Crippen LogP contribution is -2.49. The molecule has 5 rings (SSSR count). The van der Waals surface area contributed by atoms with Crippen molar-refractivity contribution in [1.29, 1.82) is 0 Å². The van der Waals surface area contributed by atoms with Gasteiger partial charge in [-0.05, 0) is 55.5 Å². The van der Waals surface area contributed by atoms with Gasteiger partial charge in [0, 0.05) is 49.6 Å². The zero-order chi connectivity index (χ0) is 21.9. The number of anilines is 2. The molecule has 164 valence electrons. The molecular weight excluding hydrogens is 422 g/mol. The third kappa shape index (κ3) is 4.10. The Morgan fingerprint density at radius 2 is 1.81 bits per heavy atom. The fourth-order valence-corrected chi connectivity index (χ4v) is 5.67. The van der Waals surface area contributed by atoms with Crippen molar-refractivity contribution in [2.45, 2.75) is 25.7 Å². The Morgan fingerprint density at radius 3 is 2.56 bits per heavy atom. The molecule has 8 heteroatoms. The number of nitrogens with one attached hydrogen (secondary N) is 1. The van der Waals surface area contributed by atoms with E-state index in [9.17, 15) is 9.59 Å². The van der Waals surface area contributed by atoms with E-state index in [1.807, 2.05) is 23.1 Å². The number of aromatic nitrogens is 2. The van der Waals surface area contributed by atoms with Gasteiger partial charge in [-0.1, -0.05) is 6.07 Å². The lowest BCUT2D eigenvalue weighted by molar-refractivity contribution is 0.0746. The second kappa shape index (κ2) is 9.08. The molecule has 1 aliphatic carbocycles. The molecule has 4 heterocycles. The van der Waals surface area contributed by atoms with Gasteiger partial charge in [-0.2, -0.15) is 0 Å². The number of hydrogen-bond donors (Lipinski definition) is 1. The summed E-state index contributed by atoms with van der Waals surface area (Å²) in [6.07, 6.45) is 9.04. The average Bonchev–Trinajstić information content (AvgIpc) is 3.22. The Balaban J connectivity index is 1.37. The Bertz CT molecular complexity index is 1110. The first-order valence-corrected chi connectivity index (χ1v) is 11.8. The number of aryl methyl sites for hydroxylation is 1. The van der Waals surface area contributed by atoms with E-state index < -0.39 is 0 Å². The Labute approximate surface area is 191 Å². The first-order valence-electron chi connectivity index (χ1n) is 11.0. The number of fused-ring (bicyclic) bond motifs is 1. The zero-order valence-corrected chi connectivity index (χ0v) is 18.6. The number of nitrogens with zero attached hydrogens (tertiary/aromatic N) is 4. The molecule has 0 aromatic carbocycles. The molecule has 3 aromatic rings. The SMILES string of the molecule is O=C(Nc1sc2c(c1C(=O)N1CCN(c3ccccn3)CC1)CCCC2)c1cccnc1. The van der Waals surface area contributed by atoms with Gasteiger partial charge in [0.2, 0.25) is 0 Å². The largest absolute Gasteiger partial charge is 0.353 e. The minimum atomic E-state index is -0.231. The zero-order valence-electron chi connectivity index (χ0n) is 17.8. The maximum absolute atomic E-state index is 13.6. The summed E-state index contributed by atoms with van der Waals surface area (Å²) in [4.78, 5) is 40.3. The van der Waals surface area contributed by atoms with Crippen molar-refractivity contribution in [3.63, 3.8) is 0 Å². The summed E-state index contributed by atoms with van der Waals surface area (Å²) in [6.45, 7) is 2.75. The predicted molar refractivity (Wildman–Crippen MR) is 126 cm³/mol. The van der Waals surface area contributed by atoms with Crippen LogP contribution in [0.3, 0.4) is 0 Å². The van der Waals surface area contributed by atoms with Gasteiger partial charge in [0.1, 0.15) is 10.8 Å². The van der Waals surface area contributed by atoms with Gasteiger partial charge in [-0.25, -0.2) is 4.98 Å². The van der Waals surface area contributed by atoms with Crippen molar-refractivity contribution >= 4 is 34.0 Å². The fourth-order valence-electron chi connectivity index (χ4n) is 4.39. The van der Waals surface area contributed by atoms with Crippen LogP contribution in [0.2, 0.25) is 0 Å². The highest BCUT2D eigenvalue weighted by Crippen LogP contribution is 2.39. The van der Waals surface area contributed by atoms with Crippen molar-refractivity contribution in [2.75, 3.05) is 36.4 Å². The van der Waals surface area contributed by atoms with Crippen molar-refractivity contribution in [1.82, 2.24) is 14.9 Å². The third-order valence-electron chi connectivity index (χ3n) is 6.08. The predicted octanol–water partition coefficient (Wildman–Crippen LogP) is 3.63. The summed E-state index contributed by atoms with van der Waals surface area (Å²) in [5, 5.41) is 3.68. The lowest BCUT2D eigenvalue weighted by atomic mass is 9.95. The van der Waals surface area contributed by atoms with Crippen LogP contribution in [0.15, 0.2) is 48.9 Å². The highest BCUT2D eigenvalue weighted by atomic mass is 32.1. The maximum Gasteiger partial charge on any atom is 0.257 e. The summed E-state index contributed by atoms with van der Waals surface area (Å²) in [7, 11) is 0. The van der Waals surface area contributed by atoms with E-state index in [0.29, 0.717) is 29.2 Å². The van der Waals surface area contributed by atoms with Crippen molar-refractivity contribution in [3.05, 3.63) is 70.5 Å². The number of amides is 2. The van der Waals surface area contributed by atoms with Crippen molar-refractivity contribution < 1.29 is 9.59 Å². The summed E-state index contributed by atoms with van der Waals surface area (Å²) < 4.78 is 0. The van der Waals surface area contributed by atoms with Crippen LogP contribution < -0.4 is 10.2 Å². The number of pyridine rings is 2.